The Labute approximate surface area is 137 Å². The fraction of sp³-hybridized carbons (Fsp3) is 0.471. The van der Waals surface area contributed by atoms with Gasteiger partial charge in [0, 0.05) is 51.4 Å². The first-order valence-electron chi connectivity index (χ1n) is 7.93. The average Bonchev–Trinajstić information content (AvgIpc) is 2.55. The lowest BCUT2D eigenvalue weighted by atomic mass is 10.2. The van der Waals surface area contributed by atoms with Crippen LogP contribution in [0.2, 0.25) is 0 Å². The number of anilines is 1. The lowest BCUT2D eigenvalue weighted by Gasteiger charge is -2.35. The van der Waals surface area contributed by atoms with Gasteiger partial charge in [-0.05, 0) is 26.0 Å². The quantitative estimate of drug-likeness (QED) is 0.829. The van der Waals surface area contributed by atoms with Crippen molar-refractivity contribution >= 4 is 17.6 Å². The Morgan fingerprint density at radius 2 is 1.96 bits per heavy atom. The molecule has 1 aromatic heterocycles. The molecule has 23 heavy (non-hydrogen) atoms. The second-order valence-electron chi connectivity index (χ2n) is 5.82. The zero-order valence-electron chi connectivity index (χ0n) is 13.8. The smallest absolute Gasteiger partial charge is 0.243 e. The first-order valence-corrected chi connectivity index (χ1v) is 7.93. The molecule has 124 valence electrons. The third-order valence-electron chi connectivity index (χ3n) is 3.66. The van der Waals surface area contributed by atoms with Gasteiger partial charge in [-0.15, -0.1) is 0 Å². The molecule has 1 saturated heterocycles. The molecule has 0 atom stereocenters. The molecule has 2 amide bonds. The van der Waals surface area contributed by atoms with Gasteiger partial charge in [-0.3, -0.25) is 9.59 Å². The van der Waals surface area contributed by atoms with E-state index in [4.69, 9.17) is 0 Å². The molecular formula is C17H24N4O2. The molecule has 0 spiro atoms. The van der Waals surface area contributed by atoms with Crippen molar-refractivity contribution in [3.63, 3.8) is 0 Å². The predicted octanol–water partition coefficient (Wildman–Crippen LogP) is 1.20. The number of amides is 2. The first-order chi connectivity index (χ1) is 11.1. The van der Waals surface area contributed by atoms with Gasteiger partial charge in [0.25, 0.3) is 0 Å². The van der Waals surface area contributed by atoms with Crippen molar-refractivity contribution in [3.8, 4) is 0 Å². The Morgan fingerprint density at radius 3 is 2.57 bits per heavy atom. The van der Waals surface area contributed by atoms with Crippen LogP contribution in [0.25, 0.3) is 0 Å². The van der Waals surface area contributed by atoms with E-state index in [1.165, 1.54) is 6.08 Å². The van der Waals surface area contributed by atoms with Crippen LogP contribution >= 0.6 is 0 Å². The number of aromatic nitrogens is 1. The fourth-order valence-electron chi connectivity index (χ4n) is 2.49. The van der Waals surface area contributed by atoms with Crippen molar-refractivity contribution in [3.05, 3.63) is 36.0 Å². The van der Waals surface area contributed by atoms with Crippen molar-refractivity contribution in [2.75, 3.05) is 37.6 Å². The van der Waals surface area contributed by atoms with Crippen molar-refractivity contribution in [2.24, 2.45) is 0 Å². The monoisotopic (exact) mass is 316 g/mol. The number of pyridine rings is 1. The molecule has 2 rings (SSSR count). The highest BCUT2D eigenvalue weighted by Crippen LogP contribution is 2.12. The number of rotatable bonds is 5. The molecule has 1 aliphatic rings. The molecule has 0 aromatic carbocycles. The summed E-state index contributed by atoms with van der Waals surface area (Å²) in [5.74, 6) is 0.898. The van der Waals surface area contributed by atoms with Gasteiger partial charge in [-0.1, -0.05) is 11.6 Å². The van der Waals surface area contributed by atoms with Gasteiger partial charge in [0.1, 0.15) is 5.82 Å². The molecule has 1 fully saturated rings. The topological polar surface area (TPSA) is 65.5 Å². The number of nitrogens with one attached hydrogen (secondary N) is 1. The van der Waals surface area contributed by atoms with Crippen LogP contribution in [0.5, 0.6) is 0 Å². The van der Waals surface area contributed by atoms with E-state index < -0.39 is 0 Å². The summed E-state index contributed by atoms with van der Waals surface area (Å²) in [6.07, 6.45) is 3.66. The highest BCUT2D eigenvalue weighted by molar-refractivity contribution is 5.88. The van der Waals surface area contributed by atoms with E-state index in [0.717, 1.165) is 24.5 Å². The van der Waals surface area contributed by atoms with Crippen LogP contribution in [0.3, 0.4) is 0 Å². The molecule has 2 heterocycles. The van der Waals surface area contributed by atoms with Gasteiger partial charge in [-0.25, -0.2) is 4.98 Å². The Hall–Kier alpha value is -2.37. The van der Waals surface area contributed by atoms with Crippen LogP contribution in [-0.2, 0) is 9.59 Å². The van der Waals surface area contributed by atoms with E-state index in [1.807, 2.05) is 36.9 Å². The minimum Gasteiger partial charge on any atom is -0.353 e. The molecule has 0 unspecified atom stereocenters. The molecule has 1 aliphatic heterocycles. The summed E-state index contributed by atoms with van der Waals surface area (Å²) in [5.41, 5.74) is 0.944. The number of piperazine rings is 1. The molecule has 0 radical (unpaired) electrons. The van der Waals surface area contributed by atoms with Gasteiger partial charge >= 0.3 is 0 Å². The zero-order chi connectivity index (χ0) is 16.7. The van der Waals surface area contributed by atoms with Gasteiger partial charge in [-0.2, -0.15) is 0 Å². The number of carbonyl (C=O) groups excluding carboxylic acids is 2. The van der Waals surface area contributed by atoms with E-state index in [9.17, 15) is 9.59 Å². The lowest BCUT2D eigenvalue weighted by Crippen LogP contribution is -2.49. The van der Waals surface area contributed by atoms with Gasteiger partial charge in [0.2, 0.25) is 11.8 Å². The Bertz CT molecular complexity index is 559. The van der Waals surface area contributed by atoms with Crippen LogP contribution < -0.4 is 10.2 Å². The SMILES string of the molecule is CC(C)=CC(=O)NCCC(=O)N1CCN(c2ccccn2)CC1. The third-order valence-corrected chi connectivity index (χ3v) is 3.66. The summed E-state index contributed by atoms with van der Waals surface area (Å²) < 4.78 is 0. The molecule has 6 nitrogen and oxygen atoms in total. The van der Waals surface area contributed by atoms with Crippen molar-refractivity contribution < 1.29 is 9.59 Å². The summed E-state index contributed by atoms with van der Waals surface area (Å²) in [6, 6.07) is 5.85. The molecular weight excluding hydrogens is 292 g/mol. The number of hydrogen-bond acceptors (Lipinski definition) is 4. The maximum atomic E-state index is 12.2. The number of nitrogens with zero attached hydrogens (tertiary/aromatic N) is 3. The molecule has 0 saturated carbocycles. The number of carbonyl (C=O) groups is 2. The van der Waals surface area contributed by atoms with Crippen LogP contribution in [-0.4, -0.2) is 54.4 Å². The number of allylic oxidation sites excluding steroid dienone is 1. The highest BCUT2D eigenvalue weighted by atomic mass is 16.2. The lowest BCUT2D eigenvalue weighted by molar-refractivity contribution is -0.131. The standard InChI is InChI=1S/C17H24N4O2/c1-14(2)13-16(22)19-8-6-17(23)21-11-9-20(10-12-21)15-5-3-4-7-18-15/h3-5,7,13H,6,8-12H2,1-2H3,(H,19,22). The molecule has 1 N–H and O–H groups in total. The molecule has 0 bridgehead atoms. The largest absolute Gasteiger partial charge is 0.353 e. The second-order valence-corrected chi connectivity index (χ2v) is 5.82. The van der Waals surface area contributed by atoms with E-state index in [2.05, 4.69) is 15.2 Å². The van der Waals surface area contributed by atoms with E-state index in [0.29, 0.717) is 26.1 Å². The fourth-order valence-corrected chi connectivity index (χ4v) is 2.49. The summed E-state index contributed by atoms with van der Waals surface area (Å²) in [4.78, 5) is 32.0. The van der Waals surface area contributed by atoms with Gasteiger partial charge < -0.3 is 15.1 Å². The van der Waals surface area contributed by atoms with Crippen molar-refractivity contribution in [1.29, 1.82) is 0 Å². The Balaban J connectivity index is 1.71. The highest BCUT2D eigenvalue weighted by Gasteiger charge is 2.21. The van der Waals surface area contributed by atoms with E-state index in [-0.39, 0.29) is 11.8 Å². The summed E-state index contributed by atoms with van der Waals surface area (Å²) in [6.45, 7) is 7.06. The summed E-state index contributed by atoms with van der Waals surface area (Å²) in [7, 11) is 0. The minimum atomic E-state index is -0.141. The minimum absolute atomic E-state index is 0.0863. The van der Waals surface area contributed by atoms with Crippen LogP contribution in [0.15, 0.2) is 36.0 Å². The predicted molar refractivity (Wildman–Crippen MR) is 90.1 cm³/mol. The molecule has 0 aliphatic carbocycles. The van der Waals surface area contributed by atoms with Crippen molar-refractivity contribution in [1.82, 2.24) is 15.2 Å². The van der Waals surface area contributed by atoms with E-state index in [1.54, 1.807) is 6.20 Å². The summed E-state index contributed by atoms with van der Waals surface area (Å²) >= 11 is 0. The maximum Gasteiger partial charge on any atom is 0.243 e. The Morgan fingerprint density at radius 1 is 1.22 bits per heavy atom. The van der Waals surface area contributed by atoms with Crippen LogP contribution in [0.1, 0.15) is 20.3 Å². The summed E-state index contributed by atoms with van der Waals surface area (Å²) in [5, 5.41) is 2.74. The first kappa shape index (κ1) is 17.0. The van der Waals surface area contributed by atoms with Crippen LogP contribution in [0, 0.1) is 0 Å². The van der Waals surface area contributed by atoms with E-state index >= 15 is 0 Å². The number of hydrogen-bond donors (Lipinski definition) is 1. The molecule has 1 aromatic rings. The van der Waals surface area contributed by atoms with Gasteiger partial charge in [0.05, 0.1) is 0 Å². The normalized spacial score (nSPS) is 14.3. The molecule has 6 heteroatoms. The van der Waals surface area contributed by atoms with Crippen LogP contribution in [0.4, 0.5) is 5.82 Å². The van der Waals surface area contributed by atoms with Crippen molar-refractivity contribution in [2.45, 2.75) is 20.3 Å². The second kappa shape index (κ2) is 8.31. The maximum absolute atomic E-state index is 12.2. The third kappa shape index (κ3) is 5.39. The van der Waals surface area contributed by atoms with Gasteiger partial charge in [0.15, 0.2) is 0 Å². The zero-order valence-corrected chi connectivity index (χ0v) is 13.8. The Kier molecular flexibility index (Phi) is 6.14. The average molecular weight is 316 g/mol.